The second kappa shape index (κ2) is 13.2. The third-order valence-electron chi connectivity index (χ3n) is 5.32. The summed E-state index contributed by atoms with van der Waals surface area (Å²) in [7, 11) is 0. The predicted molar refractivity (Wildman–Crippen MR) is 134 cm³/mol. The molecule has 1 aromatic heterocycles. The quantitative estimate of drug-likeness (QED) is 0.249. The van der Waals surface area contributed by atoms with Crippen molar-refractivity contribution < 1.29 is 4.79 Å². The van der Waals surface area contributed by atoms with Crippen molar-refractivity contribution in [2.45, 2.75) is 64.8 Å². The molecule has 0 spiro atoms. The molecular weight excluding hydrogens is 406 g/mol. The number of aromatic nitrogens is 2. The molecule has 170 valence electrons. The van der Waals surface area contributed by atoms with Crippen LogP contribution in [0.3, 0.4) is 0 Å². The van der Waals surface area contributed by atoms with E-state index in [4.69, 9.17) is 0 Å². The number of nitrogens with one attached hydrogen (secondary N) is 1. The van der Waals surface area contributed by atoms with E-state index in [2.05, 4.69) is 70.6 Å². The molecule has 0 saturated carbocycles. The molecule has 1 amide bonds. The number of thiol groups is 1. The van der Waals surface area contributed by atoms with Crippen LogP contribution < -0.4 is 15.1 Å². The average molecular weight is 444 g/mol. The second-order valence-electron chi connectivity index (χ2n) is 7.65. The molecule has 2 rings (SSSR count). The number of benzene rings is 1. The first-order valence-corrected chi connectivity index (χ1v) is 11.9. The fourth-order valence-corrected chi connectivity index (χ4v) is 3.88. The van der Waals surface area contributed by atoms with Crippen LogP contribution in [0.15, 0.2) is 35.4 Å². The van der Waals surface area contributed by atoms with Gasteiger partial charge in [0.2, 0.25) is 5.91 Å². The lowest BCUT2D eigenvalue weighted by Gasteiger charge is -2.26. The van der Waals surface area contributed by atoms with E-state index in [-0.39, 0.29) is 5.91 Å². The van der Waals surface area contributed by atoms with Crippen LogP contribution in [0.4, 0.5) is 17.2 Å². The lowest BCUT2D eigenvalue weighted by Crippen LogP contribution is -2.30. The zero-order valence-corrected chi connectivity index (χ0v) is 20.3. The number of para-hydroxylation sites is 1. The van der Waals surface area contributed by atoms with E-state index >= 15 is 0 Å². The molecule has 0 radical (unpaired) electrons. The SMILES string of the molecule is CCCCCCN(CCC(=O)Nc1c(S)nc(C)nc1N(CC)CC)c1ccccc1. The van der Waals surface area contributed by atoms with Crippen LogP contribution in [0.2, 0.25) is 0 Å². The maximum atomic E-state index is 12.9. The van der Waals surface area contributed by atoms with Gasteiger partial charge in [-0.3, -0.25) is 4.79 Å². The molecule has 0 saturated heterocycles. The van der Waals surface area contributed by atoms with Gasteiger partial charge in [-0.2, -0.15) is 0 Å². The Balaban J connectivity index is 2.08. The molecule has 0 aliphatic heterocycles. The van der Waals surface area contributed by atoms with Crippen LogP contribution in [0.25, 0.3) is 0 Å². The number of carbonyl (C=O) groups excluding carboxylic acids is 1. The molecule has 1 heterocycles. The molecule has 31 heavy (non-hydrogen) atoms. The van der Waals surface area contributed by atoms with Gasteiger partial charge < -0.3 is 15.1 Å². The number of amides is 1. The maximum Gasteiger partial charge on any atom is 0.226 e. The summed E-state index contributed by atoms with van der Waals surface area (Å²) in [5.74, 6) is 1.33. The first-order valence-electron chi connectivity index (χ1n) is 11.4. The van der Waals surface area contributed by atoms with Crippen molar-refractivity contribution in [3.8, 4) is 0 Å². The van der Waals surface area contributed by atoms with E-state index in [0.717, 1.165) is 37.6 Å². The largest absolute Gasteiger partial charge is 0.371 e. The fourth-order valence-electron chi connectivity index (χ4n) is 3.58. The monoisotopic (exact) mass is 443 g/mol. The first kappa shape index (κ1) is 25.0. The number of unbranched alkanes of at least 4 members (excludes halogenated alkanes) is 3. The molecule has 7 heteroatoms. The third kappa shape index (κ3) is 7.73. The molecule has 2 aromatic rings. The fraction of sp³-hybridized carbons (Fsp3) is 0.542. The van der Waals surface area contributed by atoms with E-state index in [1.54, 1.807) is 0 Å². The van der Waals surface area contributed by atoms with Gasteiger partial charge in [0.25, 0.3) is 0 Å². The highest BCUT2D eigenvalue weighted by Gasteiger charge is 2.18. The lowest BCUT2D eigenvalue weighted by atomic mass is 10.2. The van der Waals surface area contributed by atoms with Crippen molar-refractivity contribution in [3.63, 3.8) is 0 Å². The Morgan fingerprint density at radius 1 is 0.968 bits per heavy atom. The molecule has 0 fully saturated rings. The zero-order chi connectivity index (χ0) is 22.6. The molecule has 0 unspecified atom stereocenters. The number of hydrogen-bond donors (Lipinski definition) is 2. The summed E-state index contributed by atoms with van der Waals surface area (Å²) in [5, 5.41) is 3.53. The molecule has 0 atom stereocenters. The molecule has 0 aliphatic carbocycles. The predicted octanol–water partition coefficient (Wildman–Crippen LogP) is 5.34. The summed E-state index contributed by atoms with van der Waals surface area (Å²) in [6.45, 7) is 11.4. The zero-order valence-electron chi connectivity index (χ0n) is 19.4. The topological polar surface area (TPSA) is 61.4 Å². The smallest absolute Gasteiger partial charge is 0.226 e. The first-order chi connectivity index (χ1) is 15.0. The summed E-state index contributed by atoms with van der Waals surface area (Å²) in [5.41, 5.74) is 1.75. The van der Waals surface area contributed by atoms with Crippen molar-refractivity contribution in [3.05, 3.63) is 36.2 Å². The van der Waals surface area contributed by atoms with Crippen molar-refractivity contribution in [2.24, 2.45) is 0 Å². The number of carbonyl (C=O) groups is 1. The summed E-state index contributed by atoms with van der Waals surface area (Å²) < 4.78 is 0. The number of rotatable bonds is 13. The van der Waals surface area contributed by atoms with Crippen LogP contribution in [-0.2, 0) is 4.79 Å². The summed E-state index contributed by atoms with van der Waals surface area (Å²) in [6, 6.07) is 10.3. The Morgan fingerprint density at radius 2 is 1.68 bits per heavy atom. The normalized spacial score (nSPS) is 10.7. The molecule has 1 N–H and O–H groups in total. The highest BCUT2D eigenvalue weighted by Crippen LogP contribution is 2.29. The van der Waals surface area contributed by atoms with Gasteiger partial charge in [0.15, 0.2) is 5.82 Å². The van der Waals surface area contributed by atoms with E-state index < -0.39 is 0 Å². The second-order valence-corrected chi connectivity index (χ2v) is 8.07. The van der Waals surface area contributed by atoms with E-state index in [9.17, 15) is 4.79 Å². The summed E-state index contributed by atoms with van der Waals surface area (Å²) in [4.78, 5) is 26.2. The van der Waals surface area contributed by atoms with Crippen LogP contribution in [-0.4, -0.2) is 42.1 Å². The van der Waals surface area contributed by atoms with Gasteiger partial charge >= 0.3 is 0 Å². The van der Waals surface area contributed by atoms with Gasteiger partial charge in [0.1, 0.15) is 16.5 Å². The third-order valence-corrected chi connectivity index (χ3v) is 5.65. The van der Waals surface area contributed by atoms with Gasteiger partial charge in [0, 0.05) is 38.3 Å². The average Bonchev–Trinajstić information content (AvgIpc) is 2.77. The number of nitrogens with zero attached hydrogens (tertiary/aromatic N) is 4. The van der Waals surface area contributed by atoms with Gasteiger partial charge in [-0.15, -0.1) is 12.6 Å². The van der Waals surface area contributed by atoms with Crippen LogP contribution in [0.1, 0.15) is 58.7 Å². The number of hydrogen-bond acceptors (Lipinski definition) is 6. The van der Waals surface area contributed by atoms with Crippen molar-refractivity contribution in [1.82, 2.24) is 9.97 Å². The van der Waals surface area contributed by atoms with E-state index in [0.29, 0.717) is 29.5 Å². The van der Waals surface area contributed by atoms with Crippen molar-refractivity contribution >= 4 is 35.7 Å². The minimum Gasteiger partial charge on any atom is -0.371 e. The Kier molecular flexibility index (Phi) is 10.6. The van der Waals surface area contributed by atoms with E-state index in [1.807, 2.05) is 25.1 Å². The maximum absolute atomic E-state index is 12.9. The Hall–Kier alpha value is -2.28. The minimum absolute atomic E-state index is 0.0503. The molecule has 6 nitrogen and oxygen atoms in total. The molecule has 0 bridgehead atoms. The Morgan fingerprint density at radius 3 is 2.32 bits per heavy atom. The van der Waals surface area contributed by atoms with Crippen molar-refractivity contribution in [2.75, 3.05) is 41.3 Å². The highest BCUT2D eigenvalue weighted by molar-refractivity contribution is 7.80. The minimum atomic E-state index is -0.0503. The highest BCUT2D eigenvalue weighted by atomic mass is 32.1. The molecule has 0 aliphatic rings. The lowest BCUT2D eigenvalue weighted by molar-refractivity contribution is -0.116. The van der Waals surface area contributed by atoms with Crippen LogP contribution in [0.5, 0.6) is 0 Å². The molecule has 1 aromatic carbocycles. The Bertz CT molecular complexity index is 811. The summed E-state index contributed by atoms with van der Waals surface area (Å²) >= 11 is 4.51. The van der Waals surface area contributed by atoms with Gasteiger partial charge in [0.05, 0.1) is 0 Å². The number of aryl methyl sites for hydroxylation is 1. The van der Waals surface area contributed by atoms with E-state index in [1.165, 1.54) is 19.3 Å². The Labute approximate surface area is 192 Å². The van der Waals surface area contributed by atoms with Crippen molar-refractivity contribution in [1.29, 1.82) is 0 Å². The van der Waals surface area contributed by atoms with Gasteiger partial charge in [-0.05, 0) is 39.3 Å². The standard InChI is InChI=1S/C24H37N5OS/c1-5-8-9-13-17-29(20-14-11-10-12-15-20)18-16-21(30)27-22-23(28(6-2)7-3)25-19(4)26-24(22)31/h10-12,14-15H,5-9,13,16-18H2,1-4H3,(H,27,30)(H,25,26,31). The van der Waals surface area contributed by atoms with Crippen LogP contribution >= 0.6 is 12.6 Å². The van der Waals surface area contributed by atoms with Crippen LogP contribution in [0, 0.1) is 6.92 Å². The molecular formula is C24H37N5OS. The number of anilines is 3. The summed E-state index contributed by atoms with van der Waals surface area (Å²) in [6.07, 6.45) is 5.19. The van der Waals surface area contributed by atoms with Gasteiger partial charge in [-0.1, -0.05) is 44.4 Å². The van der Waals surface area contributed by atoms with Gasteiger partial charge in [-0.25, -0.2) is 9.97 Å².